The Hall–Kier alpha value is -1.56. The molecule has 1 heterocycles. The zero-order chi connectivity index (χ0) is 15.1. The normalized spacial score (nSPS) is 18.6. The second-order valence-electron chi connectivity index (χ2n) is 4.91. The SMILES string of the molecule is COc1ccc(CN=C(N)NCC2CCCS2)cc1OC. The Morgan fingerprint density at radius 2 is 2.19 bits per heavy atom. The van der Waals surface area contributed by atoms with Gasteiger partial charge < -0.3 is 20.5 Å². The van der Waals surface area contributed by atoms with Gasteiger partial charge in [0.1, 0.15) is 0 Å². The minimum absolute atomic E-state index is 0.497. The molecule has 0 saturated carbocycles. The van der Waals surface area contributed by atoms with Crippen LogP contribution in [0.25, 0.3) is 0 Å². The standard InChI is InChI=1S/C15H23N3O2S/c1-19-13-6-5-11(8-14(13)20-2)9-17-15(16)18-10-12-4-3-7-21-12/h5-6,8,12H,3-4,7,9-10H2,1-2H3,(H3,16,17,18). The van der Waals surface area contributed by atoms with E-state index in [1.54, 1.807) is 14.2 Å². The van der Waals surface area contributed by atoms with Crippen LogP contribution in [0.4, 0.5) is 0 Å². The van der Waals surface area contributed by atoms with Crippen LogP contribution < -0.4 is 20.5 Å². The molecule has 5 nitrogen and oxygen atoms in total. The van der Waals surface area contributed by atoms with Gasteiger partial charge in [0.2, 0.25) is 0 Å². The summed E-state index contributed by atoms with van der Waals surface area (Å²) in [5.74, 6) is 3.18. The number of guanidine groups is 1. The number of benzene rings is 1. The molecule has 0 aromatic heterocycles. The van der Waals surface area contributed by atoms with E-state index < -0.39 is 0 Å². The molecule has 1 aromatic rings. The third-order valence-corrected chi connectivity index (χ3v) is 4.81. The first-order valence-electron chi connectivity index (χ1n) is 7.09. The van der Waals surface area contributed by atoms with E-state index in [4.69, 9.17) is 15.2 Å². The monoisotopic (exact) mass is 309 g/mol. The van der Waals surface area contributed by atoms with E-state index in [1.165, 1.54) is 18.6 Å². The molecule has 6 heteroatoms. The second kappa shape index (κ2) is 8.02. The van der Waals surface area contributed by atoms with Crippen molar-refractivity contribution in [3.63, 3.8) is 0 Å². The van der Waals surface area contributed by atoms with E-state index in [0.717, 1.165) is 17.9 Å². The maximum Gasteiger partial charge on any atom is 0.188 e. The second-order valence-corrected chi connectivity index (χ2v) is 6.31. The molecule has 0 bridgehead atoms. The first-order valence-corrected chi connectivity index (χ1v) is 8.14. The van der Waals surface area contributed by atoms with Crippen LogP contribution in [0, 0.1) is 0 Å². The largest absolute Gasteiger partial charge is 0.493 e. The Morgan fingerprint density at radius 1 is 1.38 bits per heavy atom. The highest BCUT2D eigenvalue weighted by atomic mass is 32.2. The molecule has 0 spiro atoms. The number of hydrogen-bond donors (Lipinski definition) is 2. The molecule has 2 rings (SSSR count). The molecule has 0 amide bonds. The van der Waals surface area contributed by atoms with Crippen molar-refractivity contribution < 1.29 is 9.47 Å². The van der Waals surface area contributed by atoms with Gasteiger partial charge >= 0.3 is 0 Å². The third kappa shape index (κ3) is 4.74. The van der Waals surface area contributed by atoms with Gasteiger partial charge in [0, 0.05) is 11.8 Å². The molecule has 0 aliphatic carbocycles. The molecule has 0 radical (unpaired) electrons. The van der Waals surface area contributed by atoms with Crippen molar-refractivity contribution in [2.24, 2.45) is 10.7 Å². The van der Waals surface area contributed by atoms with E-state index in [2.05, 4.69) is 10.3 Å². The van der Waals surface area contributed by atoms with Crippen LogP contribution >= 0.6 is 11.8 Å². The number of nitrogens with zero attached hydrogens (tertiary/aromatic N) is 1. The Kier molecular flexibility index (Phi) is 6.04. The van der Waals surface area contributed by atoms with Crippen molar-refractivity contribution in [3.8, 4) is 11.5 Å². The zero-order valence-electron chi connectivity index (χ0n) is 12.6. The summed E-state index contributed by atoms with van der Waals surface area (Å²) in [7, 11) is 3.25. The van der Waals surface area contributed by atoms with Crippen LogP contribution in [0.15, 0.2) is 23.2 Å². The molecule has 1 aliphatic rings. The summed E-state index contributed by atoms with van der Waals surface area (Å²) >= 11 is 2.00. The van der Waals surface area contributed by atoms with E-state index in [9.17, 15) is 0 Å². The quantitative estimate of drug-likeness (QED) is 0.621. The summed E-state index contributed by atoms with van der Waals surface area (Å²) in [6.07, 6.45) is 2.57. The number of rotatable bonds is 6. The van der Waals surface area contributed by atoms with Crippen molar-refractivity contribution >= 4 is 17.7 Å². The predicted octanol–water partition coefficient (Wildman–Crippen LogP) is 2.00. The molecular formula is C15H23N3O2S. The first-order chi connectivity index (χ1) is 10.2. The highest BCUT2D eigenvalue weighted by Gasteiger charge is 2.15. The Balaban J connectivity index is 1.86. The highest BCUT2D eigenvalue weighted by molar-refractivity contribution is 8.00. The van der Waals surface area contributed by atoms with Gasteiger partial charge in [0.25, 0.3) is 0 Å². The zero-order valence-corrected chi connectivity index (χ0v) is 13.4. The van der Waals surface area contributed by atoms with Crippen LogP contribution in [-0.4, -0.2) is 37.7 Å². The molecule has 1 fully saturated rings. The molecule has 1 saturated heterocycles. The van der Waals surface area contributed by atoms with Gasteiger partial charge in [-0.2, -0.15) is 11.8 Å². The molecule has 1 aliphatic heterocycles. The third-order valence-electron chi connectivity index (χ3n) is 3.41. The van der Waals surface area contributed by atoms with E-state index in [1.807, 2.05) is 30.0 Å². The summed E-state index contributed by atoms with van der Waals surface area (Å²) in [6, 6.07) is 5.76. The predicted molar refractivity (Wildman–Crippen MR) is 88.4 cm³/mol. The van der Waals surface area contributed by atoms with Crippen LogP contribution in [0.3, 0.4) is 0 Å². The van der Waals surface area contributed by atoms with Crippen LogP contribution in [0.5, 0.6) is 11.5 Å². The maximum absolute atomic E-state index is 5.90. The Bertz CT molecular complexity index is 488. The molecule has 1 unspecified atom stereocenters. The molecule has 1 aromatic carbocycles. The van der Waals surface area contributed by atoms with Gasteiger partial charge in [-0.1, -0.05) is 6.07 Å². The summed E-state index contributed by atoms with van der Waals surface area (Å²) in [5, 5.41) is 3.86. The van der Waals surface area contributed by atoms with Crippen LogP contribution in [0.2, 0.25) is 0 Å². The number of ether oxygens (including phenoxy) is 2. The van der Waals surface area contributed by atoms with Crippen molar-refractivity contribution in [2.45, 2.75) is 24.6 Å². The molecule has 3 N–H and O–H groups in total. The van der Waals surface area contributed by atoms with E-state index in [-0.39, 0.29) is 0 Å². The van der Waals surface area contributed by atoms with Crippen LogP contribution in [0.1, 0.15) is 18.4 Å². The fourth-order valence-corrected chi connectivity index (χ4v) is 3.44. The average molecular weight is 309 g/mol. The lowest BCUT2D eigenvalue weighted by molar-refractivity contribution is 0.354. The van der Waals surface area contributed by atoms with Crippen LogP contribution in [-0.2, 0) is 6.54 Å². The van der Waals surface area contributed by atoms with Crippen molar-refractivity contribution in [2.75, 3.05) is 26.5 Å². The molecule has 21 heavy (non-hydrogen) atoms. The highest BCUT2D eigenvalue weighted by Crippen LogP contribution is 2.27. The van der Waals surface area contributed by atoms with Crippen molar-refractivity contribution in [1.82, 2.24) is 5.32 Å². The Morgan fingerprint density at radius 3 is 2.86 bits per heavy atom. The van der Waals surface area contributed by atoms with Crippen molar-refractivity contribution in [1.29, 1.82) is 0 Å². The van der Waals surface area contributed by atoms with Gasteiger partial charge in [-0.3, -0.25) is 0 Å². The van der Waals surface area contributed by atoms with E-state index >= 15 is 0 Å². The minimum Gasteiger partial charge on any atom is -0.493 e. The van der Waals surface area contributed by atoms with E-state index in [0.29, 0.717) is 23.5 Å². The number of methoxy groups -OCH3 is 2. The minimum atomic E-state index is 0.497. The average Bonchev–Trinajstić information content (AvgIpc) is 3.04. The lowest BCUT2D eigenvalue weighted by Crippen LogP contribution is -2.35. The number of nitrogens with two attached hydrogens (primary N) is 1. The number of thioether (sulfide) groups is 1. The maximum atomic E-state index is 5.90. The number of nitrogens with one attached hydrogen (secondary N) is 1. The van der Waals surface area contributed by atoms with Crippen molar-refractivity contribution in [3.05, 3.63) is 23.8 Å². The van der Waals surface area contributed by atoms with Gasteiger partial charge in [-0.05, 0) is 36.3 Å². The summed E-state index contributed by atoms with van der Waals surface area (Å²) in [4.78, 5) is 4.36. The lowest BCUT2D eigenvalue weighted by atomic mass is 10.2. The number of aliphatic imine (C=N–C) groups is 1. The van der Waals surface area contributed by atoms with Gasteiger partial charge in [0.15, 0.2) is 17.5 Å². The molecular weight excluding hydrogens is 286 g/mol. The Labute approximate surface area is 130 Å². The summed E-state index contributed by atoms with van der Waals surface area (Å²) in [5.41, 5.74) is 6.93. The molecule has 1 atom stereocenters. The first kappa shape index (κ1) is 15.8. The smallest absolute Gasteiger partial charge is 0.188 e. The molecule has 116 valence electrons. The summed E-state index contributed by atoms with van der Waals surface area (Å²) in [6.45, 7) is 1.42. The van der Waals surface area contributed by atoms with Gasteiger partial charge in [-0.25, -0.2) is 4.99 Å². The fraction of sp³-hybridized carbons (Fsp3) is 0.533. The topological polar surface area (TPSA) is 68.9 Å². The number of hydrogen-bond acceptors (Lipinski definition) is 4. The lowest BCUT2D eigenvalue weighted by Gasteiger charge is -2.11. The summed E-state index contributed by atoms with van der Waals surface area (Å²) < 4.78 is 10.5. The van der Waals surface area contributed by atoms with Gasteiger partial charge in [-0.15, -0.1) is 0 Å². The van der Waals surface area contributed by atoms with Gasteiger partial charge in [0.05, 0.1) is 20.8 Å². The fourth-order valence-electron chi connectivity index (χ4n) is 2.24.